The molecule has 0 unspecified atom stereocenters. The number of amides is 1. The van der Waals surface area contributed by atoms with Crippen molar-refractivity contribution in [2.45, 2.75) is 33.1 Å². The molecule has 0 aromatic carbocycles. The maximum absolute atomic E-state index is 12.6. The largest absolute Gasteiger partial charge is 0.315 e. The third kappa shape index (κ3) is 1.73. The summed E-state index contributed by atoms with van der Waals surface area (Å²) >= 11 is 0. The van der Waals surface area contributed by atoms with Crippen molar-refractivity contribution >= 4 is 11.7 Å². The second-order valence-corrected chi connectivity index (χ2v) is 6.05. The minimum Gasteiger partial charge on any atom is -0.315 e. The van der Waals surface area contributed by atoms with Crippen LogP contribution in [0.3, 0.4) is 0 Å². The Kier molecular flexibility index (Phi) is 3.10. The van der Waals surface area contributed by atoms with E-state index in [1.807, 2.05) is 26.0 Å². The summed E-state index contributed by atoms with van der Waals surface area (Å²) in [7, 11) is 0. The minimum atomic E-state index is -0.970. The van der Waals surface area contributed by atoms with Crippen molar-refractivity contribution in [3.8, 4) is 12.1 Å². The van der Waals surface area contributed by atoms with Crippen LogP contribution in [0.4, 0.5) is 0 Å². The molecular weight excluding hydrogens is 242 g/mol. The quantitative estimate of drug-likeness (QED) is 0.564. The maximum atomic E-state index is 12.6. The number of hydrogen-bond acceptors (Lipinski definition) is 4. The topological polar surface area (TPSA) is 85.0 Å². The Balaban J connectivity index is 2.31. The van der Waals surface area contributed by atoms with Gasteiger partial charge in [-0.2, -0.15) is 10.5 Å². The van der Waals surface area contributed by atoms with Gasteiger partial charge in [0.05, 0.1) is 12.1 Å². The third-order valence-corrected chi connectivity index (χ3v) is 4.77. The summed E-state index contributed by atoms with van der Waals surface area (Å²) in [5, 5.41) is 17.5. The Morgan fingerprint density at radius 1 is 1.37 bits per heavy atom. The number of nitriles is 2. The number of Topliss-reactive ketones (excluding diaryl/α,β-unsaturated/α-hetero) is 1. The molecule has 0 radical (unpaired) electrons. The van der Waals surface area contributed by atoms with Crippen LogP contribution in [-0.2, 0) is 9.59 Å². The highest BCUT2D eigenvalue weighted by atomic mass is 16.2. The van der Waals surface area contributed by atoms with Crippen LogP contribution in [0.25, 0.3) is 0 Å². The molecule has 1 amide bonds. The second kappa shape index (κ2) is 4.35. The number of carbonyl (C=O) groups is 2. The molecule has 5 heteroatoms. The van der Waals surface area contributed by atoms with Gasteiger partial charge < -0.3 is 4.90 Å². The fourth-order valence-corrected chi connectivity index (χ4v) is 3.63. The Labute approximate surface area is 112 Å². The van der Waals surface area contributed by atoms with Crippen LogP contribution in [0.15, 0.2) is 0 Å². The van der Waals surface area contributed by atoms with E-state index >= 15 is 0 Å². The van der Waals surface area contributed by atoms with Gasteiger partial charge in [0.15, 0.2) is 5.78 Å². The first-order chi connectivity index (χ1) is 8.90. The number of ketones is 1. The summed E-state index contributed by atoms with van der Waals surface area (Å²) in [5.41, 5.74) is -1.43. The second-order valence-electron chi connectivity index (χ2n) is 6.05. The molecule has 0 aliphatic heterocycles. The van der Waals surface area contributed by atoms with Crippen LogP contribution in [-0.4, -0.2) is 29.7 Å². The zero-order valence-corrected chi connectivity index (χ0v) is 11.3. The molecular formula is C14H17N3O2. The molecule has 5 nitrogen and oxygen atoms in total. The van der Waals surface area contributed by atoms with Crippen molar-refractivity contribution in [3.05, 3.63) is 0 Å². The smallest absolute Gasteiger partial charge is 0.238 e. The molecule has 0 N–H and O–H groups in total. The Hall–Kier alpha value is -1.88. The molecule has 2 bridgehead atoms. The van der Waals surface area contributed by atoms with Crippen LogP contribution >= 0.6 is 0 Å². The summed E-state index contributed by atoms with van der Waals surface area (Å²) in [6.45, 7) is 3.53. The van der Waals surface area contributed by atoms with E-state index in [-0.39, 0.29) is 30.7 Å². The summed E-state index contributed by atoms with van der Waals surface area (Å²) in [6, 6.07) is 3.78. The first-order valence-corrected chi connectivity index (χ1v) is 6.48. The number of carbonyl (C=O) groups excluding carboxylic acids is 2. The van der Waals surface area contributed by atoms with Gasteiger partial charge in [0.2, 0.25) is 5.91 Å². The molecule has 2 aliphatic carbocycles. The average Bonchev–Trinajstić information content (AvgIpc) is 2.89. The van der Waals surface area contributed by atoms with Gasteiger partial charge in [-0.15, -0.1) is 0 Å². The monoisotopic (exact) mass is 259 g/mol. The lowest BCUT2D eigenvalue weighted by Gasteiger charge is -2.34. The lowest BCUT2D eigenvalue weighted by Crippen LogP contribution is -2.49. The first kappa shape index (κ1) is 13.5. The van der Waals surface area contributed by atoms with Crippen molar-refractivity contribution in [1.82, 2.24) is 4.90 Å². The molecule has 2 atom stereocenters. The van der Waals surface area contributed by atoms with E-state index in [0.29, 0.717) is 12.8 Å². The molecule has 2 aliphatic rings. The fourth-order valence-electron chi connectivity index (χ4n) is 3.63. The van der Waals surface area contributed by atoms with Gasteiger partial charge >= 0.3 is 0 Å². The number of rotatable bonds is 3. The zero-order valence-electron chi connectivity index (χ0n) is 11.3. The van der Waals surface area contributed by atoms with E-state index in [1.165, 1.54) is 4.90 Å². The molecule has 0 saturated heterocycles. The highest BCUT2D eigenvalue weighted by Crippen LogP contribution is 2.60. The summed E-state index contributed by atoms with van der Waals surface area (Å²) < 4.78 is 0. The van der Waals surface area contributed by atoms with Crippen molar-refractivity contribution in [1.29, 1.82) is 10.5 Å². The van der Waals surface area contributed by atoms with E-state index in [1.54, 1.807) is 0 Å². The molecule has 0 spiro atoms. The first-order valence-electron chi connectivity index (χ1n) is 6.48. The summed E-state index contributed by atoms with van der Waals surface area (Å²) in [5.74, 6) is -0.0919. The number of fused-ring (bicyclic) bond motifs is 2. The Bertz CT molecular complexity index is 496. The van der Waals surface area contributed by atoms with Crippen molar-refractivity contribution < 1.29 is 9.59 Å². The zero-order chi connectivity index (χ0) is 14.3. The lowest BCUT2D eigenvalue weighted by atomic mass is 9.70. The maximum Gasteiger partial charge on any atom is 0.238 e. The SMILES string of the molecule is CC1(C)C(=O)[C@@]2(C(=O)N(CC#N)CC#N)CC[C@@H]1C2. The van der Waals surface area contributed by atoms with E-state index in [4.69, 9.17) is 10.5 Å². The van der Waals surface area contributed by atoms with Crippen LogP contribution in [0, 0.1) is 39.4 Å². The molecule has 100 valence electrons. The van der Waals surface area contributed by atoms with Gasteiger partial charge in [0.25, 0.3) is 0 Å². The van der Waals surface area contributed by atoms with Crippen LogP contribution in [0.2, 0.25) is 0 Å². The van der Waals surface area contributed by atoms with Crippen molar-refractivity contribution in [2.24, 2.45) is 16.7 Å². The number of hydrogen-bond donors (Lipinski definition) is 0. The highest BCUT2D eigenvalue weighted by Gasteiger charge is 2.65. The molecule has 2 fully saturated rings. The highest BCUT2D eigenvalue weighted by molar-refractivity contribution is 6.10. The fraction of sp³-hybridized carbons (Fsp3) is 0.714. The predicted octanol–water partition coefficient (Wildman–Crippen LogP) is 1.26. The molecule has 2 rings (SSSR count). The Morgan fingerprint density at radius 2 is 1.95 bits per heavy atom. The van der Waals surface area contributed by atoms with E-state index in [2.05, 4.69) is 0 Å². The van der Waals surface area contributed by atoms with Crippen LogP contribution in [0.1, 0.15) is 33.1 Å². The number of nitrogens with zero attached hydrogens (tertiary/aromatic N) is 3. The Morgan fingerprint density at radius 3 is 2.37 bits per heavy atom. The summed E-state index contributed by atoms with van der Waals surface area (Å²) in [6.07, 6.45) is 2.01. The van der Waals surface area contributed by atoms with Gasteiger partial charge in [-0.1, -0.05) is 13.8 Å². The molecule has 0 aromatic heterocycles. The van der Waals surface area contributed by atoms with E-state index in [9.17, 15) is 9.59 Å². The standard InChI is InChI=1S/C14H17N3O2/c1-13(2)10-3-4-14(9-10,11(13)18)12(19)17(7-5-15)8-6-16/h10H,3-4,7-9H2,1-2H3/t10-,14-/m1/s1. The predicted molar refractivity (Wildman–Crippen MR) is 66.4 cm³/mol. The van der Waals surface area contributed by atoms with E-state index in [0.717, 1.165) is 6.42 Å². The minimum absolute atomic E-state index is 0.0119. The third-order valence-electron chi connectivity index (χ3n) is 4.77. The molecule has 0 heterocycles. The molecule has 0 aromatic rings. The van der Waals surface area contributed by atoms with Crippen LogP contribution in [0.5, 0.6) is 0 Å². The van der Waals surface area contributed by atoms with E-state index < -0.39 is 10.8 Å². The lowest BCUT2D eigenvalue weighted by molar-refractivity contribution is -0.150. The van der Waals surface area contributed by atoms with Crippen molar-refractivity contribution in [3.63, 3.8) is 0 Å². The van der Waals surface area contributed by atoms with Crippen LogP contribution < -0.4 is 0 Å². The molecule has 19 heavy (non-hydrogen) atoms. The van der Waals surface area contributed by atoms with Gasteiger partial charge in [-0.25, -0.2) is 0 Å². The van der Waals surface area contributed by atoms with Crippen molar-refractivity contribution in [2.75, 3.05) is 13.1 Å². The molecule has 2 saturated carbocycles. The van der Waals surface area contributed by atoms with Gasteiger partial charge in [0.1, 0.15) is 18.5 Å². The average molecular weight is 259 g/mol. The summed E-state index contributed by atoms with van der Waals surface area (Å²) in [4.78, 5) is 26.4. The van der Waals surface area contributed by atoms with Gasteiger partial charge in [0, 0.05) is 5.41 Å². The normalized spacial score (nSPS) is 30.7. The van der Waals surface area contributed by atoms with Gasteiger partial charge in [-0.3, -0.25) is 9.59 Å². The van der Waals surface area contributed by atoms with Gasteiger partial charge in [-0.05, 0) is 25.2 Å².